The SMILES string of the molecule is C=C(C)C(=O)OCC12CCC(C1)C1CC3C4CCC(C4)C3C12COC(=O)C(=C)C. The van der Waals surface area contributed by atoms with Gasteiger partial charge in [0.1, 0.15) is 0 Å². The molecule has 5 fully saturated rings. The van der Waals surface area contributed by atoms with Crippen LogP contribution in [0.25, 0.3) is 0 Å². The Kier molecular flexibility index (Phi) is 4.32. The summed E-state index contributed by atoms with van der Waals surface area (Å²) in [6.07, 6.45) is 8.76. The van der Waals surface area contributed by atoms with Crippen LogP contribution in [0.3, 0.4) is 0 Å². The van der Waals surface area contributed by atoms with E-state index in [0.29, 0.717) is 42.1 Å². The van der Waals surface area contributed by atoms with Crippen LogP contribution < -0.4 is 0 Å². The van der Waals surface area contributed by atoms with Gasteiger partial charge in [-0.25, -0.2) is 9.59 Å². The number of hydrogen-bond acceptors (Lipinski definition) is 4. The fourth-order valence-electron chi connectivity index (χ4n) is 8.85. The summed E-state index contributed by atoms with van der Waals surface area (Å²) in [6.45, 7) is 11.9. The molecule has 8 atom stereocenters. The molecular formula is C25H34O4. The second kappa shape index (κ2) is 6.46. The third kappa shape index (κ3) is 2.50. The van der Waals surface area contributed by atoms with Gasteiger partial charge < -0.3 is 9.47 Å². The second-order valence-corrected chi connectivity index (χ2v) is 10.9. The summed E-state index contributed by atoms with van der Waals surface area (Å²) >= 11 is 0. The fourth-order valence-corrected chi connectivity index (χ4v) is 8.85. The Morgan fingerprint density at radius 3 is 2.24 bits per heavy atom. The number of hydrogen-bond donors (Lipinski definition) is 0. The molecule has 0 N–H and O–H groups in total. The van der Waals surface area contributed by atoms with Crippen LogP contribution in [0, 0.1) is 46.3 Å². The minimum absolute atomic E-state index is 0.0269. The number of fused-ring (bicyclic) bond motifs is 11. The van der Waals surface area contributed by atoms with Gasteiger partial charge in [-0.2, -0.15) is 0 Å². The van der Waals surface area contributed by atoms with E-state index in [9.17, 15) is 9.59 Å². The fraction of sp³-hybridized carbons (Fsp3) is 0.760. The van der Waals surface area contributed by atoms with Crippen molar-refractivity contribution >= 4 is 11.9 Å². The molecule has 5 rings (SSSR count). The molecule has 0 aromatic heterocycles. The van der Waals surface area contributed by atoms with Gasteiger partial charge in [-0.1, -0.05) is 13.2 Å². The highest BCUT2D eigenvalue weighted by Crippen LogP contribution is 2.80. The van der Waals surface area contributed by atoms with E-state index < -0.39 is 0 Å². The van der Waals surface area contributed by atoms with E-state index >= 15 is 0 Å². The van der Waals surface area contributed by atoms with Crippen LogP contribution in [0.1, 0.15) is 58.8 Å². The largest absolute Gasteiger partial charge is 0.462 e. The van der Waals surface area contributed by atoms with Crippen molar-refractivity contribution < 1.29 is 19.1 Å². The van der Waals surface area contributed by atoms with Gasteiger partial charge in [-0.3, -0.25) is 0 Å². The average Bonchev–Trinajstić information content (AvgIpc) is 3.46. The van der Waals surface area contributed by atoms with E-state index in [4.69, 9.17) is 9.47 Å². The Hall–Kier alpha value is -1.58. The minimum Gasteiger partial charge on any atom is -0.462 e. The monoisotopic (exact) mass is 398 g/mol. The van der Waals surface area contributed by atoms with Crippen molar-refractivity contribution in [2.75, 3.05) is 13.2 Å². The van der Waals surface area contributed by atoms with E-state index in [2.05, 4.69) is 13.2 Å². The lowest BCUT2D eigenvalue weighted by molar-refractivity contribution is -0.166. The average molecular weight is 399 g/mol. The maximum Gasteiger partial charge on any atom is 0.333 e. The normalized spacial score (nSPS) is 45.7. The van der Waals surface area contributed by atoms with E-state index in [-0.39, 0.29) is 22.8 Å². The van der Waals surface area contributed by atoms with Gasteiger partial charge in [-0.15, -0.1) is 0 Å². The third-order valence-electron chi connectivity index (χ3n) is 9.69. The maximum atomic E-state index is 12.4. The number of esters is 2. The van der Waals surface area contributed by atoms with Crippen LogP contribution in [0.2, 0.25) is 0 Å². The minimum atomic E-state index is -0.289. The zero-order valence-corrected chi connectivity index (χ0v) is 17.9. The molecule has 0 amide bonds. The number of rotatable bonds is 6. The molecule has 0 spiro atoms. The summed E-state index contributed by atoms with van der Waals surface area (Å²) < 4.78 is 11.8. The zero-order valence-electron chi connectivity index (χ0n) is 17.9. The smallest absolute Gasteiger partial charge is 0.333 e. The topological polar surface area (TPSA) is 52.6 Å². The van der Waals surface area contributed by atoms with Crippen LogP contribution in [0.5, 0.6) is 0 Å². The molecule has 0 radical (unpaired) electrons. The molecule has 0 aromatic rings. The van der Waals surface area contributed by atoms with Crippen molar-refractivity contribution in [3.05, 3.63) is 24.3 Å². The standard InChI is InChI=1S/C25H34O4/c1-14(2)22(26)28-12-24-8-7-18(11-24)20-10-19-16-5-6-17(9-16)21(19)25(20,24)13-29-23(27)15(3)4/h16-21H,1,3,5-13H2,2,4H3. The molecule has 158 valence electrons. The molecule has 0 aromatic carbocycles. The molecule has 4 heteroatoms. The van der Waals surface area contributed by atoms with Gasteiger partial charge >= 0.3 is 11.9 Å². The molecule has 4 bridgehead atoms. The Balaban J connectivity index is 1.51. The van der Waals surface area contributed by atoms with Crippen LogP contribution >= 0.6 is 0 Å². The first-order valence-corrected chi connectivity index (χ1v) is 11.4. The lowest BCUT2D eigenvalue weighted by atomic mass is 9.53. The van der Waals surface area contributed by atoms with Gasteiger partial charge in [-0.05, 0) is 94.3 Å². The molecule has 4 nitrogen and oxygen atoms in total. The van der Waals surface area contributed by atoms with Gasteiger partial charge in [0.05, 0.1) is 13.2 Å². The number of carbonyl (C=O) groups excluding carboxylic acids is 2. The molecule has 29 heavy (non-hydrogen) atoms. The molecule has 0 saturated heterocycles. The first-order chi connectivity index (χ1) is 13.8. The van der Waals surface area contributed by atoms with Crippen molar-refractivity contribution in [2.45, 2.75) is 58.8 Å². The van der Waals surface area contributed by atoms with Crippen molar-refractivity contribution in [1.29, 1.82) is 0 Å². The van der Waals surface area contributed by atoms with Crippen molar-refractivity contribution in [3.8, 4) is 0 Å². The lowest BCUT2D eigenvalue weighted by Gasteiger charge is -2.52. The summed E-state index contributed by atoms with van der Waals surface area (Å²) in [5, 5.41) is 0. The second-order valence-electron chi connectivity index (χ2n) is 10.9. The summed E-state index contributed by atoms with van der Waals surface area (Å²) in [5.74, 6) is 3.75. The van der Waals surface area contributed by atoms with E-state index in [1.807, 2.05) is 0 Å². The zero-order chi connectivity index (χ0) is 20.6. The van der Waals surface area contributed by atoms with E-state index in [0.717, 1.165) is 30.6 Å². The third-order valence-corrected chi connectivity index (χ3v) is 9.69. The molecular weight excluding hydrogens is 364 g/mol. The molecule has 0 heterocycles. The van der Waals surface area contributed by atoms with Crippen LogP contribution in [0.4, 0.5) is 0 Å². The van der Waals surface area contributed by atoms with Crippen molar-refractivity contribution in [1.82, 2.24) is 0 Å². The Morgan fingerprint density at radius 1 is 0.897 bits per heavy atom. The molecule has 5 aliphatic carbocycles. The van der Waals surface area contributed by atoms with Crippen molar-refractivity contribution in [3.63, 3.8) is 0 Å². The van der Waals surface area contributed by atoms with Gasteiger partial charge in [0.15, 0.2) is 0 Å². The van der Waals surface area contributed by atoms with Crippen LogP contribution in [0.15, 0.2) is 24.3 Å². The van der Waals surface area contributed by atoms with Crippen LogP contribution in [-0.2, 0) is 19.1 Å². The van der Waals surface area contributed by atoms with Crippen molar-refractivity contribution in [2.24, 2.45) is 46.3 Å². The Morgan fingerprint density at radius 2 is 1.55 bits per heavy atom. The van der Waals surface area contributed by atoms with Gasteiger partial charge in [0.2, 0.25) is 0 Å². The summed E-state index contributed by atoms with van der Waals surface area (Å²) in [5.41, 5.74) is 0.844. The first kappa shape index (κ1) is 19.4. The highest BCUT2D eigenvalue weighted by molar-refractivity contribution is 5.87. The first-order valence-electron chi connectivity index (χ1n) is 11.4. The Labute approximate surface area is 174 Å². The molecule has 5 aliphatic rings. The lowest BCUT2D eigenvalue weighted by Crippen LogP contribution is -2.53. The molecule has 5 saturated carbocycles. The van der Waals surface area contributed by atoms with E-state index in [1.165, 1.54) is 32.1 Å². The predicted octanol–water partition coefficient (Wildman–Crippen LogP) is 4.69. The maximum absolute atomic E-state index is 12.4. The van der Waals surface area contributed by atoms with E-state index in [1.54, 1.807) is 13.8 Å². The predicted molar refractivity (Wildman–Crippen MR) is 110 cm³/mol. The molecule has 8 unspecified atom stereocenters. The number of carbonyl (C=O) groups is 2. The highest BCUT2D eigenvalue weighted by atomic mass is 16.5. The Bertz CT molecular complexity index is 784. The van der Waals surface area contributed by atoms with Gasteiger partial charge in [0.25, 0.3) is 0 Å². The quantitative estimate of drug-likeness (QED) is 0.481. The number of ether oxygens (including phenoxy) is 2. The summed E-state index contributed by atoms with van der Waals surface area (Å²) in [6, 6.07) is 0. The molecule has 0 aliphatic heterocycles. The van der Waals surface area contributed by atoms with Crippen LogP contribution in [-0.4, -0.2) is 25.2 Å². The van der Waals surface area contributed by atoms with Gasteiger partial charge in [0, 0.05) is 22.0 Å². The summed E-state index contributed by atoms with van der Waals surface area (Å²) in [4.78, 5) is 24.6. The highest BCUT2D eigenvalue weighted by Gasteiger charge is 2.77. The summed E-state index contributed by atoms with van der Waals surface area (Å²) in [7, 11) is 0.